The number of hydrogen-bond acceptors (Lipinski definition) is 9. The van der Waals surface area contributed by atoms with E-state index in [1.54, 1.807) is 13.8 Å². The topological polar surface area (TPSA) is 298 Å². The molecule has 218 valence electrons. The second kappa shape index (κ2) is 16.0. The van der Waals surface area contributed by atoms with Crippen LogP contribution in [0.4, 0.5) is 0 Å². The lowest BCUT2D eigenvalue weighted by atomic mass is 10.0. The zero-order valence-corrected chi connectivity index (χ0v) is 22.1. The normalized spacial score (nSPS) is 15.4. The van der Waals surface area contributed by atoms with Gasteiger partial charge in [-0.05, 0) is 32.1 Å². The molecule has 38 heavy (non-hydrogen) atoms. The molecular formula is C20H36N5O12P. The molecule has 0 fully saturated rings. The second-order valence-corrected chi connectivity index (χ2v) is 10.1. The van der Waals surface area contributed by atoms with Gasteiger partial charge in [-0.15, -0.1) is 0 Å². The van der Waals surface area contributed by atoms with E-state index in [4.69, 9.17) is 26.4 Å². The van der Waals surface area contributed by atoms with Gasteiger partial charge in [0.25, 0.3) is 0 Å². The van der Waals surface area contributed by atoms with Crippen LogP contribution in [-0.4, -0.2) is 85.8 Å². The van der Waals surface area contributed by atoms with Gasteiger partial charge in [-0.2, -0.15) is 0 Å². The fourth-order valence-electron chi connectivity index (χ4n) is 3.13. The van der Waals surface area contributed by atoms with Crippen molar-refractivity contribution in [2.45, 2.75) is 83.1 Å². The lowest BCUT2D eigenvalue weighted by Crippen LogP contribution is -2.60. The molecule has 0 unspecified atom stereocenters. The molecule has 18 heteroatoms. The van der Waals surface area contributed by atoms with E-state index in [-0.39, 0.29) is 25.2 Å². The van der Waals surface area contributed by atoms with Gasteiger partial charge in [0, 0.05) is 12.8 Å². The van der Waals surface area contributed by atoms with Gasteiger partial charge in [-0.25, -0.2) is 9.36 Å². The minimum atomic E-state index is -5.18. The van der Waals surface area contributed by atoms with Crippen LogP contribution in [0.5, 0.6) is 0 Å². The molecule has 0 spiro atoms. The number of primary amides is 1. The maximum absolute atomic E-state index is 13.0. The number of carbonyl (C=O) groups excluding carboxylic acids is 4. The van der Waals surface area contributed by atoms with E-state index in [2.05, 4.69) is 20.5 Å². The summed E-state index contributed by atoms with van der Waals surface area (Å²) in [5.74, 6) is -6.84. The Bertz CT molecular complexity index is 924. The number of phosphoric ester groups is 1. The minimum absolute atomic E-state index is 0.0393. The highest BCUT2D eigenvalue weighted by Gasteiger charge is 2.36. The Kier molecular flexibility index (Phi) is 14.7. The van der Waals surface area contributed by atoms with E-state index < -0.39 is 86.5 Å². The molecule has 5 atom stereocenters. The van der Waals surface area contributed by atoms with E-state index in [1.807, 2.05) is 0 Å². The van der Waals surface area contributed by atoms with Gasteiger partial charge >= 0.3 is 19.8 Å². The maximum Gasteiger partial charge on any atom is 0.469 e. The molecule has 17 nitrogen and oxygen atoms in total. The number of rotatable bonds is 18. The number of phosphoric acid groups is 1. The number of amides is 4. The summed E-state index contributed by atoms with van der Waals surface area (Å²) in [6.45, 7) is 4.45. The Balaban J connectivity index is 5.93. The summed E-state index contributed by atoms with van der Waals surface area (Å²) >= 11 is 0. The molecule has 0 saturated heterocycles. The predicted octanol–water partition coefficient (Wildman–Crippen LogP) is -2.47. The molecule has 0 radical (unpaired) electrons. The van der Waals surface area contributed by atoms with Crippen LogP contribution in [-0.2, 0) is 37.9 Å². The zero-order chi connectivity index (χ0) is 29.8. The molecule has 0 heterocycles. The number of carboxylic acids is 2. The average Bonchev–Trinajstić information content (AvgIpc) is 2.75. The van der Waals surface area contributed by atoms with E-state index >= 15 is 0 Å². The lowest BCUT2D eigenvalue weighted by molar-refractivity contribution is -0.143. The van der Waals surface area contributed by atoms with Crippen molar-refractivity contribution >= 4 is 43.4 Å². The third-order valence-corrected chi connectivity index (χ3v) is 5.60. The van der Waals surface area contributed by atoms with Crippen molar-refractivity contribution in [3.63, 3.8) is 0 Å². The molecular weight excluding hydrogens is 533 g/mol. The van der Waals surface area contributed by atoms with Gasteiger partial charge in [0.2, 0.25) is 23.6 Å². The average molecular weight is 570 g/mol. The molecule has 0 aromatic rings. The number of nitrogens with two attached hydrogens (primary N) is 2. The summed E-state index contributed by atoms with van der Waals surface area (Å²) < 4.78 is 15.8. The highest BCUT2D eigenvalue weighted by molar-refractivity contribution is 7.46. The minimum Gasteiger partial charge on any atom is -0.481 e. The molecule has 0 aliphatic carbocycles. The van der Waals surface area contributed by atoms with E-state index in [0.29, 0.717) is 0 Å². The Morgan fingerprint density at radius 2 is 1.39 bits per heavy atom. The molecule has 11 N–H and O–H groups in total. The summed E-state index contributed by atoms with van der Waals surface area (Å²) in [6, 6.07) is -6.17. The SMILES string of the molecule is CC(C)C[C@H](NC(=O)[C@H](CCC(N)=O)NC(=O)[C@@H](NC(=O)[C@@H](N)CCC(=O)O)[C@@H](C)OP(=O)(O)O)C(=O)O. The van der Waals surface area contributed by atoms with Crippen LogP contribution >= 0.6 is 7.82 Å². The van der Waals surface area contributed by atoms with Crippen LogP contribution in [0, 0.1) is 5.92 Å². The van der Waals surface area contributed by atoms with Crippen LogP contribution in [0.3, 0.4) is 0 Å². The summed E-state index contributed by atoms with van der Waals surface area (Å²) in [6.07, 6.45) is -3.27. The van der Waals surface area contributed by atoms with Gasteiger partial charge in [0.1, 0.15) is 18.1 Å². The summed E-state index contributed by atoms with van der Waals surface area (Å²) in [7, 11) is -5.18. The van der Waals surface area contributed by atoms with Crippen molar-refractivity contribution in [1.82, 2.24) is 16.0 Å². The van der Waals surface area contributed by atoms with Crippen molar-refractivity contribution in [3.8, 4) is 0 Å². The fourth-order valence-corrected chi connectivity index (χ4v) is 3.68. The summed E-state index contributed by atoms with van der Waals surface area (Å²) in [5.41, 5.74) is 10.7. The van der Waals surface area contributed by atoms with Crippen molar-refractivity contribution in [1.29, 1.82) is 0 Å². The highest BCUT2D eigenvalue weighted by Crippen LogP contribution is 2.38. The van der Waals surface area contributed by atoms with Gasteiger partial charge < -0.3 is 47.4 Å². The number of carboxylic acid groups (broad SMARTS) is 2. The maximum atomic E-state index is 13.0. The van der Waals surface area contributed by atoms with Crippen molar-refractivity contribution < 1.29 is 57.9 Å². The molecule has 0 bridgehead atoms. The number of nitrogens with one attached hydrogen (secondary N) is 3. The highest BCUT2D eigenvalue weighted by atomic mass is 31.2. The van der Waals surface area contributed by atoms with Crippen LogP contribution in [0.1, 0.15) is 52.9 Å². The third kappa shape index (κ3) is 14.6. The van der Waals surface area contributed by atoms with Gasteiger partial charge in [-0.3, -0.25) is 28.5 Å². The molecule has 0 aliphatic rings. The van der Waals surface area contributed by atoms with Gasteiger partial charge in [0.15, 0.2) is 0 Å². The standard InChI is InChI=1S/C20H36N5O12P/c1-9(2)8-13(20(32)33)24-18(30)12(5-6-14(22)26)23-19(31)16(10(3)37-38(34,35)36)25-17(29)11(21)4-7-15(27)28/h9-13,16H,4-8,21H2,1-3H3,(H2,22,26)(H,23,31)(H,24,30)(H,25,29)(H,27,28)(H,32,33)(H2,34,35,36)/t10-,11+,12+,13+,16+/m1/s1. The van der Waals surface area contributed by atoms with Gasteiger partial charge in [-0.1, -0.05) is 13.8 Å². The second-order valence-electron chi connectivity index (χ2n) is 8.92. The molecule has 4 amide bonds. The Morgan fingerprint density at radius 1 is 0.842 bits per heavy atom. The van der Waals surface area contributed by atoms with Crippen LogP contribution in [0.2, 0.25) is 0 Å². The first-order chi connectivity index (χ1) is 17.3. The van der Waals surface area contributed by atoms with Crippen LogP contribution in [0.25, 0.3) is 0 Å². The lowest BCUT2D eigenvalue weighted by Gasteiger charge is -2.28. The Morgan fingerprint density at radius 3 is 1.84 bits per heavy atom. The molecule has 0 aromatic carbocycles. The summed E-state index contributed by atoms with van der Waals surface area (Å²) in [5, 5.41) is 24.7. The van der Waals surface area contributed by atoms with Crippen molar-refractivity contribution in [2.24, 2.45) is 17.4 Å². The first-order valence-electron chi connectivity index (χ1n) is 11.5. The Hall–Kier alpha value is -3.11. The molecule has 0 rings (SSSR count). The van der Waals surface area contributed by atoms with E-state index in [9.17, 15) is 38.4 Å². The van der Waals surface area contributed by atoms with Crippen molar-refractivity contribution in [3.05, 3.63) is 0 Å². The fraction of sp³-hybridized carbons (Fsp3) is 0.700. The number of hydrogen-bond donors (Lipinski definition) is 9. The first kappa shape index (κ1) is 34.9. The number of aliphatic carboxylic acids is 2. The zero-order valence-electron chi connectivity index (χ0n) is 21.2. The summed E-state index contributed by atoms with van der Waals surface area (Å²) in [4.78, 5) is 90.1. The van der Waals surface area contributed by atoms with E-state index in [0.717, 1.165) is 6.92 Å². The van der Waals surface area contributed by atoms with E-state index in [1.165, 1.54) is 0 Å². The smallest absolute Gasteiger partial charge is 0.469 e. The predicted molar refractivity (Wildman–Crippen MR) is 129 cm³/mol. The largest absolute Gasteiger partial charge is 0.481 e. The van der Waals surface area contributed by atoms with Crippen LogP contribution < -0.4 is 27.4 Å². The van der Waals surface area contributed by atoms with Crippen molar-refractivity contribution in [2.75, 3.05) is 0 Å². The van der Waals surface area contributed by atoms with Crippen LogP contribution in [0.15, 0.2) is 0 Å². The Labute approximate surface area is 218 Å². The first-order valence-corrected chi connectivity index (χ1v) is 13.0. The molecule has 0 aliphatic heterocycles. The monoisotopic (exact) mass is 569 g/mol. The quantitative estimate of drug-likeness (QED) is 0.0774. The third-order valence-electron chi connectivity index (χ3n) is 4.99. The van der Waals surface area contributed by atoms with Gasteiger partial charge in [0.05, 0.1) is 12.1 Å². The molecule has 0 saturated carbocycles. The molecule has 0 aromatic heterocycles. The number of carbonyl (C=O) groups is 6.